The Morgan fingerprint density at radius 2 is 2.00 bits per heavy atom. The molecule has 0 spiro atoms. The number of aliphatic carboxylic acids is 1. The molecule has 0 aliphatic heterocycles. The van der Waals surface area contributed by atoms with Crippen molar-refractivity contribution in [1.82, 2.24) is 0 Å². The van der Waals surface area contributed by atoms with Crippen LogP contribution >= 0.6 is 0 Å². The lowest BCUT2D eigenvalue weighted by molar-refractivity contribution is -0.131. The molecule has 0 aliphatic carbocycles. The maximum Gasteiger partial charge on any atom is 0.387 e. The van der Waals surface area contributed by atoms with E-state index in [1.165, 1.54) is 12.1 Å². The summed E-state index contributed by atoms with van der Waals surface area (Å²) in [4.78, 5) is 10.4. The highest BCUT2D eigenvalue weighted by molar-refractivity contribution is 5.85. The van der Waals surface area contributed by atoms with Crippen LogP contribution in [-0.4, -0.2) is 17.7 Å². The molecule has 0 saturated heterocycles. The van der Waals surface area contributed by atoms with Gasteiger partial charge >= 0.3 is 12.6 Å². The monoisotopic (exact) mass is 242 g/mol. The zero-order valence-corrected chi connectivity index (χ0v) is 9.41. The van der Waals surface area contributed by atoms with E-state index in [9.17, 15) is 13.6 Å². The van der Waals surface area contributed by atoms with Gasteiger partial charge in [-0.15, -0.1) is 0 Å². The number of hydrogen-bond acceptors (Lipinski definition) is 2. The summed E-state index contributed by atoms with van der Waals surface area (Å²) in [5.41, 5.74) is 1.91. The minimum Gasteiger partial charge on any atom is -0.478 e. The van der Waals surface area contributed by atoms with Crippen molar-refractivity contribution >= 4 is 12.0 Å². The minimum atomic E-state index is -2.90. The van der Waals surface area contributed by atoms with Crippen molar-refractivity contribution in [2.75, 3.05) is 0 Å². The molecule has 0 radical (unpaired) electrons. The van der Waals surface area contributed by atoms with Crippen LogP contribution in [0.3, 0.4) is 0 Å². The van der Waals surface area contributed by atoms with Crippen molar-refractivity contribution in [1.29, 1.82) is 0 Å². The molecule has 1 aromatic carbocycles. The molecule has 3 nitrogen and oxygen atoms in total. The Morgan fingerprint density at radius 1 is 1.35 bits per heavy atom. The third kappa shape index (κ3) is 3.86. The first-order chi connectivity index (χ1) is 7.90. The van der Waals surface area contributed by atoms with Gasteiger partial charge < -0.3 is 9.84 Å². The summed E-state index contributed by atoms with van der Waals surface area (Å²) in [5.74, 6) is -1.04. The van der Waals surface area contributed by atoms with E-state index in [1.54, 1.807) is 19.9 Å². The molecule has 17 heavy (non-hydrogen) atoms. The number of carboxylic acids is 1. The van der Waals surface area contributed by atoms with E-state index in [4.69, 9.17) is 5.11 Å². The lowest BCUT2D eigenvalue weighted by Crippen LogP contribution is -2.04. The molecule has 1 aromatic rings. The molecule has 0 amide bonds. The molecule has 0 unspecified atom stereocenters. The molecule has 1 N–H and O–H groups in total. The van der Waals surface area contributed by atoms with Gasteiger partial charge in [0.2, 0.25) is 0 Å². The first-order valence-electron chi connectivity index (χ1n) is 4.87. The molecule has 92 valence electrons. The molecule has 0 aliphatic rings. The maximum absolute atomic E-state index is 12.1. The van der Waals surface area contributed by atoms with Crippen molar-refractivity contribution < 1.29 is 23.4 Å². The highest BCUT2D eigenvalue weighted by Crippen LogP contribution is 2.25. The number of alkyl halides is 2. The number of ether oxygens (including phenoxy) is 1. The first kappa shape index (κ1) is 13.2. The summed E-state index contributed by atoms with van der Waals surface area (Å²) < 4.78 is 28.6. The molecule has 0 fully saturated rings. The minimum absolute atomic E-state index is 0.0515. The molecule has 0 heterocycles. The normalized spacial score (nSPS) is 11.1. The van der Waals surface area contributed by atoms with E-state index >= 15 is 0 Å². The number of hydrogen-bond donors (Lipinski definition) is 1. The van der Waals surface area contributed by atoms with Gasteiger partial charge in [-0.25, -0.2) is 4.79 Å². The van der Waals surface area contributed by atoms with Gasteiger partial charge in [0.1, 0.15) is 5.75 Å². The van der Waals surface area contributed by atoms with E-state index in [0.717, 1.165) is 11.6 Å². The SMILES string of the molecule is Cc1cc(C)c(OC(F)F)cc1/C=C/C(=O)O. The van der Waals surface area contributed by atoms with Crippen LogP contribution in [-0.2, 0) is 4.79 Å². The maximum atomic E-state index is 12.1. The number of carboxylic acid groups (broad SMARTS) is 1. The van der Waals surface area contributed by atoms with Gasteiger partial charge in [-0.2, -0.15) is 8.78 Å². The highest BCUT2D eigenvalue weighted by atomic mass is 19.3. The van der Waals surface area contributed by atoms with Crippen LogP contribution in [0.1, 0.15) is 16.7 Å². The van der Waals surface area contributed by atoms with E-state index in [-0.39, 0.29) is 5.75 Å². The van der Waals surface area contributed by atoms with Crippen LogP contribution in [0.25, 0.3) is 6.08 Å². The van der Waals surface area contributed by atoms with Crippen molar-refractivity contribution in [2.45, 2.75) is 20.5 Å². The predicted molar refractivity (Wildman–Crippen MR) is 59.2 cm³/mol. The van der Waals surface area contributed by atoms with Crippen LogP contribution in [0.4, 0.5) is 8.78 Å². The van der Waals surface area contributed by atoms with E-state index in [2.05, 4.69) is 4.74 Å². The molecule has 0 bridgehead atoms. The molecule has 0 aromatic heterocycles. The molecule has 0 saturated carbocycles. The second kappa shape index (κ2) is 5.43. The molecule has 5 heteroatoms. The fraction of sp³-hybridized carbons (Fsp3) is 0.250. The largest absolute Gasteiger partial charge is 0.478 e. The van der Waals surface area contributed by atoms with Gasteiger partial charge in [0.05, 0.1) is 0 Å². The quantitative estimate of drug-likeness (QED) is 0.825. The highest BCUT2D eigenvalue weighted by Gasteiger charge is 2.09. The van der Waals surface area contributed by atoms with Crippen LogP contribution < -0.4 is 4.74 Å². The van der Waals surface area contributed by atoms with E-state index in [0.29, 0.717) is 11.1 Å². The van der Waals surface area contributed by atoms with Crippen molar-refractivity contribution in [3.8, 4) is 5.75 Å². The fourth-order valence-corrected chi connectivity index (χ4v) is 1.41. The molecular weight excluding hydrogens is 230 g/mol. The lowest BCUT2D eigenvalue weighted by Gasteiger charge is -2.10. The third-order valence-electron chi connectivity index (χ3n) is 2.19. The summed E-state index contributed by atoms with van der Waals surface area (Å²) in [7, 11) is 0. The summed E-state index contributed by atoms with van der Waals surface area (Å²) in [6.45, 7) is 0.517. The van der Waals surface area contributed by atoms with Crippen molar-refractivity contribution in [2.24, 2.45) is 0 Å². The number of aryl methyl sites for hydroxylation is 2. The smallest absolute Gasteiger partial charge is 0.387 e. The lowest BCUT2D eigenvalue weighted by atomic mass is 10.0. The first-order valence-corrected chi connectivity index (χ1v) is 4.87. The number of benzene rings is 1. The summed E-state index contributed by atoms with van der Waals surface area (Å²) in [6, 6.07) is 3.06. The van der Waals surface area contributed by atoms with Crippen LogP contribution in [0, 0.1) is 13.8 Å². The molecule has 1 rings (SSSR count). The average molecular weight is 242 g/mol. The van der Waals surface area contributed by atoms with Gasteiger partial charge in [0.25, 0.3) is 0 Å². The van der Waals surface area contributed by atoms with Gasteiger partial charge in [-0.05, 0) is 42.7 Å². The Hall–Kier alpha value is -1.91. The van der Waals surface area contributed by atoms with Crippen LogP contribution in [0.2, 0.25) is 0 Å². The predicted octanol–water partition coefficient (Wildman–Crippen LogP) is 3.00. The Morgan fingerprint density at radius 3 is 2.53 bits per heavy atom. The van der Waals surface area contributed by atoms with E-state index in [1.807, 2.05) is 0 Å². The van der Waals surface area contributed by atoms with Gasteiger partial charge in [0, 0.05) is 6.08 Å². The standard InChI is InChI=1S/C12H12F2O3/c1-7-5-8(2)10(17-12(13)14)6-9(7)3-4-11(15)16/h3-6,12H,1-2H3,(H,15,16)/b4-3+. The van der Waals surface area contributed by atoms with Gasteiger partial charge in [0.15, 0.2) is 0 Å². The van der Waals surface area contributed by atoms with Crippen molar-refractivity contribution in [3.63, 3.8) is 0 Å². The number of halogens is 2. The van der Waals surface area contributed by atoms with Crippen LogP contribution in [0.5, 0.6) is 5.75 Å². The second-order valence-electron chi connectivity index (χ2n) is 3.52. The van der Waals surface area contributed by atoms with E-state index < -0.39 is 12.6 Å². The Kier molecular flexibility index (Phi) is 4.20. The Balaban J connectivity index is 3.09. The summed E-state index contributed by atoms with van der Waals surface area (Å²) in [5, 5.41) is 8.50. The second-order valence-corrected chi connectivity index (χ2v) is 3.52. The summed E-state index contributed by atoms with van der Waals surface area (Å²) >= 11 is 0. The Bertz CT molecular complexity index is 453. The average Bonchev–Trinajstić information content (AvgIpc) is 2.19. The summed E-state index contributed by atoms with van der Waals surface area (Å²) in [6.07, 6.45) is 2.29. The zero-order valence-electron chi connectivity index (χ0n) is 9.41. The third-order valence-corrected chi connectivity index (χ3v) is 2.19. The number of rotatable bonds is 4. The Labute approximate surface area is 97.3 Å². The van der Waals surface area contributed by atoms with Gasteiger partial charge in [-0.3, -0.25) is 0 Å². The van der Waals surface area contributed by atoms with Crippen LogP contribution in [0.15, 0.2) is 18.2 Å². The zero-order chi connectivity index (χ0) is 13.0. The van der Waals surface area contributed by atoms with Crippen molar-refractivity contribution in [3.05, 3.63) is 34.9 Å². The molecule has 0 atom stereocenters. The number of carbonyl (C=O) groups is 1. The fourth-order valence-electron chi connectivity index (χ4n) is 1.41. The molecular formula is C12H12F2O3. The topological polar surface area (TPSA) is 46.5 Å². The van der Waals surface area contributed by atoms with Gasteiger partial charge in [-0.1, -0.05) is 6.07 Å².